The van der Waals surface area contributed by atoms with Gasteiger partial charge in [-0.1, -0.05) is 30.3 Å². The van der Waals surface area contributed by atoms with Crippen LogP contribution >= 0.6 is 0 Å². The standard InChI is InChI=1S/C28H27FN2O5/c1-35-24-14-18-17(5-4-8-23(18)32)13-19(24)26(33)31-11-12-36-25-16-30(15-22(25)31)27(34)28(9-10-28)20-6-2-3-7-21(20)29/h2-8,13-14,22,25,32H,9-12,15-16H2,1H3/t22-,25+/m1/s1. The predicted octanol–water partition coefficient (Wildman–Crippen LogP) is 3.48. The van der Waals surface area contributed by atoms with Gasteiger partial charge in [-0.25, -0.2) is 4.39 Å². The number of amides is 2. The number of phenolic OH excluding ortho intramolecular Hbond substituents is 1. The van der Waals surface area contributed by atoms with E-state index in [2.05, 4.69) is 0 Å². The summed E-state index contributed by atoms with van der Waals surface area (Å²) in [6.07, 6.45) is 0.922. The Morgan fingerprint density at radius 2 is 1.92 bits per heavy atom. The second-order valence-corrected chi connectivity index (χ2v) is 9.80. The number of rotatable bonds is 4. The SMILES string of the molecule is COc1cc2c(O)cccc2cc1C(=O)N1CCO[C@H]2CN(C(=O)C3(c4ccccc4F)CC3)C[C@H]21. The molecule has 2 saturated heterocycles. The summed E-state index contributed by atoms with van der Waals surface area (Å²) in [6.45, 7) is 1.46. The zero-order valence-electron chi connectivity index (χ0n) is 19.9. The summed E-state index contributed by atoms with van der Waals surface area (Å²) in [4.78, 5) is 30.9. The van der Waals surface area contributed by atoms with Crippen LogP contribution < -0.4 is 4.74 Å². The Hall–Kier alpha value is -3.65. The van der Waals surface area contributed by atoms with E-state index >= 15 is 0 Å². The quantitative estimate of drug-likeness (QED) is 0.606. The van der Waals surface area contributed by atoms with Crippen molar-refractivity contribution in [2.45, 2.75) is 30.4 Å². The van der Waals surface area contributed by atoms with Crippen molar-refractivity contribution in [1.29, 1.82) is 0 Å². The molecule has 1 aliphatic carbocycles. The number of aromatic hydroxyl groups is 1. The van der Waals surface area contributed by atoms with Gasteiger partial charge in [-0.2, -0.15) is 0 Å². The number of ether oxygens (including phenoxy) is 2. The van der Waals surface area contributed by atoms with Gasteiger partial charge in [0.15, 0.2) is 0 Å². The second kappa shape index (κ2) is 8.48. The number of phenols is 1. The van der Waals surface area contributed by atoms with E-state index in [1.54, 1.807) is 52.3 Å². The van der Waals surface area contributed by atoms with Crippen LogP contribution in [0.5, 0.6) is 11.5 Å². The van der Waals surface area contributed by atoms with Crippen LogP contribution in [0.2, 0.25) is 0 Å². The van der Waals surface area contributed by atoms with Gasteiger partial charge in [-0.05, 0) is 42.5 Å². The Bertz CT molecular complexity index is 1370. The highest BCUT2D eigenvalue weighted by molar-refractivity contribution is 6.03. The van der Waals surface area contributed by atoms with Crippen LogP contribution in [0, 0.1) is 5.82 Å². The minimum absolute atomic E-state index is 0.100. The molecule has 1 N–H and O–H groups in total. The summed E-state index contributed by atoms with van der Waals surface area (Å²) in [6, 6.07) is 14.7. The fourth-order valence-electron chi connectivity index (χ4n) is 5.76. The van der Waals surface area contributed by atoms with Gasteiger partial charge in [-0.15, -0.1) is 0 Å². The van der Waals surface area contributed by atoms with Crippen LogP contribution in [-0.2, 0) is 14.9 Å². The number of morpholine rings is 1. The molecule has 2 amide bonds. The molecule has 6 rings (SSSR count). The molecule has 36 heavy (non-hydrogen) atoms. The Kier molecular flexibility index (Phi) is 5.37. The molecule has 3 aromatic rings. The Morgan fingerprint density at radius 1 is 1.11 bits per heavy atom. The Morgan fingerprint density at radius 3 is 2.67 bits per heavy atom. The third-order valence-corrected chi connectivity index (χ3v) is 7.81. The van der Waals surface area contributed by atoms with Gasteiger partial charge in [0.1, 0.15) is 17.3 Å². The van der Waals surface area contributed by atoms with E-state index in [-0.39, 0.29) is 35.5 Å². The van der Waals surface area contributed by atoms with Crippen molar-refractivity contribution in [3.63, 3.8) is 0 Å². The molecule has 0 aromatic heterocycles. The topological polar surface area (TPSA) is 79.3 Å². The molecule has 0 spiro atoms. The molecule has 0 radical (unpaired) electrons. The Balaban J connectivity index is 1.28. The molecular formula is C28H27FN2O5. The fourth-order valence-corrected chi connectivity index (χ4v) is 5.76. The van der Waals surface area contributed by atoms with Crippen molar-refractivity contribution in [3.05, 3.63) is 71.5 Å². The van der Waals surface area contributed by atoms with Crippen LogP contribution in [-0.4, -0.2) is 72.2 Å². The van der Waals surface area contributed by atoms with E-state index in [1.165, 1.54) is 13.2 Å². The summed E-state index contributed by atoms with van der Waals surface area (Å²) >= 11 is 0. The number of methoxy groups -OCH3 is 1. The third kappa shape index (κ3) is 3.51. The zero-order valence-corrected chi connectivity index (χ0v) is 19.9. The number of hydrogen-bond acceptors (Lipinski definition) is 5. The van der Waals surface area contributed by atoms with Crippen molar-refractivity contribution < 1.29 is 28.6 Å². The number of likely N-dealkylation sites (tertiary alicyclic amines) is 1. The summed E-state index contributed by atoms with van der Waals surface area (Å²) in [5.41, 5.74) is 0.0194. The number of halogens is 1. The van der Waals surface area contributed by atoms with E-state index in [0.29, 0.717) is 61.3 Å². The lowest BCUT2D eigenvalue weighted by Crippen LogP contribution is -2.53. The molecular weight excluding hydrogens is 463 g/mol. The zero-order chi connectivity index (χ0) is 25.0. The van der Waals surface area contributed by atoms with Crippen molar-refractivity contribution >= 4 is 22.6 Å². The van der Waals surface area contributed by atoms with Crippen LogP contribution in [0.4, 0.5) is 4.39 Å². The van der Waals surface area contributed by atoms with E-state index in [4.69, 9.17) is 9.47 Å². The van der Waals surface area contributed by atoms with Crippen LogP contribution in [0.3, 0.4) is 0 Å². The van der Waals surface area contributed by atoms with Crippen LogP contribution in [0.15, 0.2) is 54.6 Å². The number of nitrogens with zero attached hydrogens (tertiary/aromatic N) is 2. The molecule has 3 aromatic carbocycles. The van der Waals surface area contributed by atoms with Crippen LogP contribution in [0.25, 0.3) is 10.8 Å². The molecule has 186 valence electrons. The molecule has 0 unspecified atom stereocenters. The van der Waals surface area contributed by atoms with Crippen molar-refractivity contribution in [2.75, 3.05) is 33.4 Å². The molecule has 1 saturated carbocycles. The summed E-state index contributed by atoms with van der Waals surface area (Å²) in [5, 5.41) is 11.5. The van der Waals surface area contributed by atoms with E-state index < -0.39 is 5.41 Å². The molecule has 8 heteroatoms. The molecule has 2 heterocycles. The van der Waals surface area contributed by atoms with Gasteiger partial charge in [0.2, 0.25) is 5.91 Å². The summed E-state index contributed by atoms with van der Waals surface area (Å²) < 4.78 is 26.0. The highest BCUT2D eigenvalue weighted by atomic mass is 19.1. The molecule has 2 aliphatic heterocycles. The molecule has 7 nitrogen and oxygen atoms in total. The van der Waals surface area contributed by atoms with Gasteiger partial charge in [0.25, 0.3) is 5.91 Å². The maximum Gasteiger partial charge on any atom is 0.258 e. The minimum atomic E-state index is -0.822. The molecule has 2 atom stereocenters. The van der Waals surface area contributed by atoms with Gasteiger partial charge in [-0.3, -0.25) is 9.59 Å². The van der Waals surface area contributed by atoms with E-state index in [1.807, 2.05) is 6.07 Å². The summed E-state index contributed by atoms with van der Waals surface area (Å²) in [5.74, 6) is -0.177. The van der Waals surface area contributed by atoms with Gasteiger partial charge in [0, 0.05) is 30.6 Å². The molecule has 0 bridgehead atoms. The predicted molar refractivity (Wildman–Crippen MR) is 131 cm³/mol. The average Bonchev–Trinajstić information content (AvgIpc) is 3.58. The average molecular weight is 491 g/mol. The smallest absolute Gasteiger partial charge is 0.258 e. The minimum Gasteiger partial charge on any atom is -0.507 e. The van der Waals surface area contributed by atoms with Crippen molar-refractivity contribution in [2.24, 2.45) is 0 Å². The highest BCUT2D eigenvalue weighted by Gasteiger charge is 2.56. The van der Waals surface area contributed by atoms with Crippen LogP contribution in [0.1, 0.15) is 28.8 Å². The monoisotopic (exact) mass is 490 g/mol. The third-order valence-electron chi connectivity index (χ3n) is 7.81. The Labute approximate surface area is 208 Å². The van der Waals surface area contributed by atoms with Crippen molar-refractivity contribution in [3.8, 4) is 11.5 Å². The first kappa shape index (κ1) is 22.8. The number of carbonyl (C=O) groups is 2. The number of fused-ring (bicyclic) bond motifs is 2. The van der Waals surface area contributed by atoms with E-state index in [9.17, 15) is 19.1 Å². The fraction of sp³-hybridized carbons (Fsp3) is 0.357. The first-order chi connectivity index (χ1) is 17.4. The largest absolute Gasteiger partial charge is 0.507 e. The first-order valence-electron chi connectivity index (χ1n) is 12.2. The van der Waals surface area contributed by atoms with Gasteiger partial charge < -0.3 is 24.4 Å². The lowest BCUT2D eigenvalue weighted by atomic mass is 9.94. The lowest BCUT2D eigenvalue weighted by Gasteiger charge is -2.37. The van der Waals surface area contributed by atoms with Gasteiger partial charge in [0.05, 0.1) is 36.8 Å². The maximum absolute atomic E-state index is 14.6. The molecule has 3 aliphatic rings. The lowest BCUT2D eigenvalue weighted by molar-refractivity contribution is -0.133. The number of carbonyl (C=O) groups excluding carboxylic acids is 2. The van der Waals surface area contributed by atoms with Gasteiger partial charge >= 0.3 is 0 Å². The number of hydrogen-bond donors (Lipinski definition) is 1. The van der Waals surface area contributed by atoms with Crippen molar-refractivity contribution in [1.82, 2.24) is 9.80 Å². The number of benzene rings is 3. The maximum atomic E-state index is 14.6. The molecule has 3 fully saturated rings. The van der Waals surface area contributed by atoms with E-state index in [0.717, 1.165) is 5.39 Å². The first-order valence-corrected chi connectivity index (χ1v) is 12.2. The second-order valence-electron chi connectivity index (χ2n) is 9.80. The summed E-state index contributed by atoms with van der Waals surface area (Å²) in [7, 11) is 1.49. The highest BCUT2D eigenvalue weighted by Crippen LogP contribution is 2.51. The normalized spacial score (nSPS) is 22.4.